The van der Waals surface area contributed by atoms with Crippen molar-refractivity contribution in [3.05, 3.63) is 35.4 Å². The Morgan fingerprint density at radius 3 is 2.76 bits per heavy atom. The molecule has 1 unspecified atom stereocenters. The topological polar surface area (TPSA) is 35.8 Å². The normalized spacial score (nSPS) is 17.2. The molecule has 1 saturated carbocycles. The summed E-state index contributed by atoms with van der Waals surface area (Å²) < 4.78 is 0. The molecule has 0 aliphatic heterocycles. The molecule has 0 spiro atoms. The van der Waals surface area contributed by atoms with Crippen molar-refractivity contribution in [2.24, 2.45) is 0 Å². The van der Waals surface area contributed by atoms with Gasteiger partial charge in [0, 0.05) is 11.8 Å². The molecule has 114 valence electrons. The highest BCUT2D eigenvalue weighted by Crippen LogP contribution is 2.25. The molecule has 1 aliphatic rings. The Bertz CT molecular complexity index is 490. The van der Waals surface area contributed by atoms with Crippen LogP contribution in [0, 0.1) is 18.3 Å². The molecule has 3 heteroatoms. The molecule has 1 aromatic rings. The third-order valence-corrected chi connectivity index (χ3v) is 5.17. The summed E-state index contributed by atoms with van der Waals surface area (Å²) in [5, 5.41) is 12.8. The van der Waals surface area contributed by atoms with Gasteiger partial charge in [-0.1, -0.05) is 24.3 Å². The summed E-state index contributed by atoms with van der Waals surface area (Å²) in [5.74, 6) is 2.28. The van der Waals surface area contributed by atoms with Crippen LogP contribution in [0.25, 0.3) is 0 Å². The van der Waals surface area contributed by atoms with Crippen LogP contribution in [0.5, 0.6) is 0 Å². The average molecular weight is 302 g/mol. The summed E-state index contributed by atoms with van der Waals surface area (Å²) in [4.78, 5) is 0. The molecule has 0 radical (unpaired) electrons. The Balaban J connectivity index is 1.59. The molecular weight excluding hydrogens is 276 g/mol. The van der Waals surface area contributed by atoms with Gasteiger partial charge in [-0.25, -0.2) is 0 Å². The number of hydrogen-bond donors (Lipinski definition) is 1. The van der Waals surface area contributed by atoms with Crippen molar-refractivity contribution in [1.82, 2.24) is 5.32 Å². The summed E-state index contributed by atoms with van der Waals surface area (Å²) in [7, 11) is 0. The Kier molecular flexibility index (Phi) is 6.14. The van der Waals surface area contributed by atoms with Crippen molar-refractivity contribution < 1.29 is 0 Å². The van der Waals surface area contributed by atoms with Crippen molar-refractivity contribution in [1.29, 1.82) is 5.26 Å². The number of benzene rings is 1. The van der Waals surface area contributed by atoms with E-state index in [-0.39, 0.29) is 5.54 Å². The first-order valence-electron chi connectivity index (χ1n) is 7.94. The Hall–Kier alpha value is -0.980. The van der Waals surface area contributed by atoms with E-state index in [1.807, 2.05) is 18.7 Å². The lowest BCUT2D eigenvalue weighted by Crippen LogP contribution is -2.42. The summed E-state index contributed by atoms with van der Waals surface area (Å²) in [5.41, 5.74) is 2.51. The van der Waals surface area contributed by atoms with E-state index >= 15 is 0 Å². The highest BCUT2D eigenvalue weighted by molar-refractivity contribution is 7.98. The Morgan fingerprint density at radius 2 is 2.10 bits per heavy atom. The fraction of sp³-hybridized carbons (Fsp3) is 0.611. The largest absolute Gasteiger partial charge is 0.297 e. The number of rotatable bonds is 9. The molecule has 21 heavy (non-hydrogen) atoms. The zero-order valence-electron chi connectivity index (χ0n) is 13.2. The smallest absolute Gasteiger partial charge is 0.104 e. The van der Waals surface area contributed by atoms with E-state index in [1.54, 1.807) is 0 Å². The molecule has 0 aromatic heterocycles. The van der Waals surface area contributed by atoms with Crippen LogP contribution in [0.3, 0.4) is 0 Å². The highest BCUT2D eigenvalue weighted by atomic mass is 32.2. The average Bonchev–Trinajstić information content (AvgIpc) is 3.28. The summed E-state index contributed by atoms with van der Waals surface area (Å²) in [6.45, 7) is 4.23. The minimum Gasteiger partial charge on any atom is -0.297 e. The third kappa shape index (κ3) is 5.73. The van der Waals surface area contributed by atoms with Gasteiger partial charge in [0.25, 0.3) is 0 Å². The fourth-order valence-corrected chi connectivity index (χ4v) is 3.57. The fourth-order valence-electron chi connectivity index (χ4n) is 2.48. The van der Waals surface area contributed by atoms with Gasteiger partial charge in [0.2, 0.25) is 0 Å². The van der Waals surface area contributed by atoms with E-state index in [0.29, 0.717) is 6.04 Å². The third-order valence-electron chi connectivity index (χ3n) is 4.08. The predicted molar refractivity (Wildman–Crippen MR) is 91.4 cm³/mol. The monoisotopic (exact) mass is 302 g/mol. The van der Waals surface area contributed by atoms with Gasteiger partial charge in [0.1, 0.15) is 5.54 Å². The van der Waals surface area contributed by atoms with Crippen LogP contribution in [-0.4, -0.2) is 17.3 Å². The van der Waals surface area contributed by atoms with Crippen LogP contribution in [0.15, 0.2) is 24.3 Å². The first kappa shape index (κ1) is 16.4. The Morgan fingerprint density at radius 1 is 1.33 bits per heavy atom. The Labute approximate surface area is 133 Å². The summed E-state index contributed by atoms with van der Waals surface area (Å²) in [6, 6.07) is 11.7. The van der Waals surface area contributed by atoms with Gasteiger partial charge >= 0.3 is 0 Å². The molecule has 1 aromatic carbocycles. The van der Waals surface area contributed by atoms with E-state index in [9.17, 15) is 5.26 Å². The van der Waals surface area contributed by atoms with Gasteiger partial charge in [-0.2, -0.15) is 17.0 Å². The van der Waals surface area contributed by atoms with E-state index in [4.69, 9.17) is 0 Å². The molecular formula is C18H26N2S. The van der Waals surface area contributed by atoms with E-state index < -0.39 is 0 Å². The second-order valence-corrected chi connectivity index (χ2v) is 7.40. The molecule has 2 rings (SSSR count). The quantitative estimate of drug-likeness (QED) is 0.685. The molecule has 1 N–H and O–H groups in total. The zero-order chi connectivity index (χ0) is 15.1. The van der Waals surface area contributed by atoms with Crippen molar-refractivity contribution in [3.63, 3.8) is 0 Å². The first-order valence-corrected chi connectivity index (χ1v) is 9.10. The van der Waals surface area contributed by atoms with Gasteiger partial charge in [0.15, 0.2) is 0 Å². The van der Waals surface area contributed by atoms with Crippen LogP contribution in [0.1, 0.15) is 50.2 Å². The maximum absolute atomic E-state index is 9.33. The molecule has 0 heterocycles. The predicted octanol–water partition coefficient (Wildman–Crippen LogP) is 4.43. The van der Waals surface area contributed by atoms with Gasteiger partial charge in [-0.15, -0.1) is 0 Å². The van der Waals surface area contributed by atoms with Crippen molar-refractivity contribution in [3.8, 4) is 6.07 Å². The molecule has 0 bridgehead atoms. The van der Waals surface area contributed by atoms with E-state index in [1.165, 1.54) is 36.1 Å². The van der Waals surface area contributed by atoms with Crippen molar-refractivity contribution >= 4 is 11.8 Å². The molecule has 1 aliphatic carbocycles. The minimum absolute atomic E-state index is 0.318. The molecule has 1 atom stereocenters. The zero-order valence-corrected chi connectivity index (χ0v) is 14.0. The standard InChI is InChI=1S/C18H26N2S/c1-15-7-3-4-8-16(15)13-21-12-6-5-11-18(2,14-19)20-17-9-10-17/h3-4,7-8,17,20H,5-6,9-13H2,1-2H3. The molecule has 0 saturated heterocycles. The lowest BCUT2D eigenvalue weighted by molar-refractivity contribution is 0.402. The van der Waals surface area contributed by atoms with Gasteiger partial charge < -0.3 is 0 Å². The van der Waals surface area contributed by atoms with Crippen molar-refractivity contribution in [2.45, 2.75) is 63.3 Å². The van der Waals surface area contributed by atoms with E-state index in [2.05, 4.69) is 42.6 Å². The maximum Gasteiger partial charge on any atom is 0.104 e. The maximum atomic E-state index is 9.33. The van der Waals surface area contributed by atoms with Crippen molar-refractivity contribution in [2.75, 3.05) is 5.75 Å². The van der Waals surface area contributed by atoms with E-state index in [0.717, 1.165) is 18.6 Å². The highest BCUT2D eigenvalue weighted by Gasteiger charge is 2.31. The lowest BCUT2D eigenvalue weighted by Gasteiger charge is -2.23. The number of nitrogens with one attached hydrogen (secondary N) is 1. The number of hydrogen-bond acceptors (Lipinski definition) is 3. The second-order valence-electron chi connectivity index (χ2n) is 6.30. The van der Waals surface area contributed by atoms with Gasteiger partial charge in [-0.3, -0.25) is 5.32 Å². The second kappa shape index (κ2) is 7.87. The minimum atomic E-state index is -0.318. The van der Waals surface area contributed by atoms with Crippen LogP contribution in [0.4, 0.5) is 0 Å². The number of thioether (sulfide) groups is 1. The van der Waals surface area contributed by atoms with Gasteiger partial charge in [-0.05, 0) is 62.8 Å². The van der Waals surface area contributed by atoms with Crippen LogP contribution >= 0.6 is 11.8 Å². The van der Waals surface area contributed by atoms with Crippen LogP contribution < -0.4 is 5.32 Å². The molecule has 1 fully saturated rings. The lowest BCUT2D eigenvalue weighted by atomic mass is 9.96. The van der Waals surface area contributed by atoms with Crippen LogP contribution in [0.2, 0.25) is 0 Å². The number of nitrogens with zero attached hydrogens (tertiary/aromatic N) is 1. The van der Waals surface area contributed by atoms with Gasteiger partial charge in [0.05, 0.1) is 6.07 Å². The molecule has 2 nitrogen and oxygen atoms in total. The first-order chi connectivity index (χ1) is 10.1. The SMILES string of the molecule is Cc1ccccc1CSCCCCC(C)(C#N)NC1CC1. The number of aryl methyl sites for hydroxylation is 1. The summed E-state index contributed by atoms with van der Waals surface area (Å²) >= 11 is 2.00. The number of unbranched alkanes of at least 4 members (excludes halogenated alkanes) is 1. The summed E-state index contributed by atoms with van der Waals surface area (Å²) in [6.07, 6.45) is 5.77. The van der Waals surface area contributed by atoms with Crippen LogP contribution in [-0.2, 0) is 5.75 Å². The number of nitriles is 1. The molecule has 0 amide bonds.